The van der Waals surface area contributed by atoms with E-state index in [9.17, 15) is 9.90 Å². The van der Waals surface area contributed by atoms with Gasteiger partial charge >= 0.3 is 0 Å². The largest absolute Gasteiger partial charge is 0.389 e. The molecule has 3 atom stereocenters. The Morgan fingerprint density at radius 3 is 2.59 bits per heavy atom. The van der Waals surface area contributed by atoms with Gasteiger partial charge in [-0.05, 0) is 57.4 Å². The molecular formula is C20H30O2. The van der Waals surface area contributed by atoms with Gasteiger partial charge in [0.1, 0.15) is 0 Å². The van der Waals surface area contributed by atoms with Crippen LogP contribution < -0.4 is 0 Å². The standard InChI is InChI=1S/C20H30O2/c1-13(2)17-12-19(22)20(5)9-8-15(4)11-16(21)10-14(3)6-7-18(17)20/h8,10,12-13,16,18,21H,6-7,9,11H2,1-5H3/b14-10+,15-8+/t16-,18+,20+/m0/s1. The summed E-state index contributed by atoms with van der Waals surface area (Å²) in [7, 11) is 0. The van der Waals surface area contributed by atoms with E-state index < -0.39 is 6.10 Å². The molecule has 22 heavy (non-hydrogen) atoms. The van der Waals surface area contributed by atoms with Gasteiger partial charge in [0.2, 0.25) is 0 Å². The molecule has 2 aliphatic carbocycles. The predicted molar refractivity (Wildman–Crippen MR) is 91.5 cm³/mol. The number of rotatable bonds is 1. The Hall–Kier alpha value is -1.15. The molecule has 2 heteroatoms. The van der Waals surface area contributed by atoms with Crippen molar-refractivity contribution in [2.45, 2.75) is 66.4 Å². The van der Waals surface area contributed by atoms with Crippen molar-refractivity contribution in [3.63, 3.8) is 0 Å². The van der Waals surface area contributed by atoms with Crippen molar-refractivity contribution in [3.8, 4) is 0 Å². The van der Waals surface area contributed by atoms with Gasteiger partial charge in [0.05, 0.1) is 6.10 Å². The van der Waals surface area contributed by atoms with Crippen LogP contribution in [0.1, 0.15) is 60.3 Å². The number of ketones is 1. The summed E-state index contributed by atoms with van der Waals surface area (Å²) in [6.07, 6.45) is 9.05. The van der Waals surface area contributed by atoms with Crippen LogP contribution in [0.3, 0.4) is 0 Å². The van der Waals surface area contributed by atoms with E-state index in [1.165, 1.54) is 16.7 Å². The van der Waals surface area contributed by atoms with Gasteiger partial charge in [-0.2, -0.15) is 0 Å². The SMILES string of the molecule is C/C1=C\[C@H](O)C/C(C)=C/C[C@@]2(C)C(=O)C=C(C(C)C)[C@H]2CC1. The summed E-state index contributed by atoms with van der Waals surface area (Å²) in [5.41, 5.74) is 3.40. The Morgan fingerprint density at radius 2 is 1.95 bits per heavy atom. The molecule has 2 rings (SSSR count). The molecule has 2 nitrogen and oxygen atoms in total. The fourth-order valence-corrected chi connectivity index (χ4v) is 3.90. The number of carbonyl (C=O) groups excluding carboxylic acids is 1. The van der Waals surface area contributed by atoms with Gasteiger partial charge in [-0.1, -0.05) is 49.6 Å². The number of fused-ring (bicyclic) bond motifs is 1. The minimum Gasteiger partial charge on any atom is -0.389 e. The van der Waals surface area contributed by atoms with Crippen LogP contribution in [0.2, 0.25) is 0 Å². The number of aliphatic hydroxyl groups is 1. The highest BCUT2D eigenvalue weighted by molar-refractivity contribution is 5.98. The van der Waals surface area contributed by atoms with Gasteiger partial charge < -0.3 is 5.11 Å². The maximum Gasteiger partial charge on any atom is 0.162 e. The highest BCUT2D eigenvalue weighted by Gasteiger charge is 2.46. The van der Waals surface area contributed by atoms with Crippen LogP contribution in [0.15, 0.2) is 34.9 Å². The van der Waals surface area contributed by atoms with Crippen molar-refractivity contribution in [1.82, 2.24) is 0 Å². The number of allylic oxidation sites excluding steroid dienone is 4. The molecule has 2 aliphatic rings. The van der Waals surface area contributed by atoms with Crippen LogP contribution >= 0.6 is 0 Å². The van der Waals surface area contributed by atoms with Crippen molar-refractivity contribution < 1.29 is 9.90 Å². The molecule has 0 aromatic rings. The van der Waals surface area contributed by atoms with E-state index in [0.717, 1.165) is 19.3 Å². The Labute approximate surface area is 135 Å². The molecule has 0 aliphatic heterocycles. The predicted octanol–water partition coefficient (Wildman–Crippen LogP) is 4.60. The van der Waals surface area contributed by atoms with Crippen molar-refractivity contribution in [3.05, 3.63) is 34.9 Å². The molecule has 0 heterocycles. The first-order valence-corrected chi connectivity index (χ1v) is 8.51. The highest BCUT2D eigenvalue weighted by Crippen LogP contribution is 2.48. The zero-order valence-electron chi connectivity index (χ0n) is 14.6. The van der Waals surface area contributed by atoms with E-state index >= 15 is 0 Å². The minimum atomic E-state index is -0.405. The molecule has 0 unspecified atom stereocenters. The summed E-state index contributed by atoms with van der Waals surface area (Å²) in [5.74, 6) is 1.02. The molecule has 0 bridgehead atoms. The van der Waals surface area contributed by atoms with Crippen LogP contribution in [-0.4, -0.2) is 17.0 Å². The van der Waals surface area contributed by atoms with Crippen LogP contribution in [0.25, 0.3) is 0 Å². The number of carbonyl (C=O) groups is 1. The summed E-state index contributed by atoms with van der Waals surface area (Å²) in [5, 5.41) is 10.1. The molecule has 0 saturated carbocycles. The van der Waals surface area contributed by atoms with Crippen molar-refractivity contribution in [1.29, 1.82) is 0 Å². The Morgan fingerprint density at radius 1 is 1.27 bits per heavy atom. The minimum absolute atomic E-state index is 0.284. The molecule has 0 fully saturated rings. The lowest BCUT2D eigenvalue weighted by Gasteiger charge is -2.33. The van der Waals surface area contributed by atoms with Gasteiger partial charge in [0, 0.05) is 5.41 Å². The highest BCUT2D eigenvalue weighted by atomic mass is 16.3. The smallest absolute Gasteiger partial charge is 0.162 e. The molecule has 0 spiro atoms. The molecule has 0 radical (unpaired) electrons. The summed E-state index contributed by atoms with van der Waals surface area (Å²) in [6, 6.07) is 0. The first-order valence-electron chi connectivity index (χ1n) is 8.51. The summed E-state index contributed by atoms with van der Waals surface area (Å²) >= 11 is 0. The molecular weight excluding hydrogens is 272 g/mol. The van der Waals surface area contributed by atoms with Gasteiger partial charge in [0.25, 0.3) is 0 Å². The van der Waals surface area contributed by atoms with Crippen molar-refractivity contribution >= 4 is 5.78 Å². The molecule has 0 saturated heterocycles. The molecule has 122 valence electrons. The third-order valence-corrected chi connectivity index (χ3v) is 5.41. The second-order valence-electron chi connectivity index (χ2n) is 7.71. The Kier molecular flexibility index (Phi) is 5.11. The van der Waals surface area contributed by atoms with Crippen LogP contribution in [0.4, 0.5) is 0 Å². The Bertz CT molecular complexity index is 536. The maximum absolute atomic E-state index is 12.7. The Balaban J connectivity index is 2.39. The van der Waals surface area contributed by atoms with E-state index in [0.29, 0.717) is 18.3 Å². The lowest BCUT2D eigenvalue weighted by molar-refractivity contribution is -0.123. The third-order valence-electron chi connectivity index (χ3n) is 5.41. The number of hydrogen-bond donors (Lipinski definition) is 1. The number of hydrogen-bond acceptors (Lipinski definition) is 2. The van der Waals surface area contributed by atoms with E-state index in [1.54, 1.807) is 0 Å². The first-order chi connectivity index (χ1) is 10.2. The zero-order valence-corrected chi connectivity index (χ0v) is 14.6. The fraction of sp³-hybridized carbons (Fsp3) is 0.650. The topological polar surface area (TPSA) is 37.3 Å². The molecule has 0 aromatic heterocycles. The summed E-state index contributed by atoms with van der Waals surface area (Å²) in [6.45, 7) is 10.6. The second-order valence-corrected chi connectivity index (χ2v) is 7.71. The van der Waals surface area contributed by atoms with E-state index in [2.05, 4.69) is 40.7 Å². The molecule has 0 amide bonds. The van der Waals surface area contributed by atoms with E-state index in [1.807, 2.05) is 12.2 Å². The van der Waals surface area contributed by atoms with Crippen LogP contribution in [0.5, 0.6) is 0 Å². The average Bonchev–Trinajstić information content (AvgIpc) is 2.65. The van der Waals surface area contributed by atoms with Crippen LogP contribution in [0, 0.1) is 17.3 Å². The monoisotopic (exact) mass is 302 g/mol. The average molecular weight is 302 g/mol. The van der Waals surface area contributed by atoms with Gasteiger partial charge in [0.15, 0.2) is 5.78 Å². The van der Waals surface area contributed by atoms with Gasteiger partial charge in [-0.15, -0.1) is 0 Å². The zero-order chi connectivity index (χ0) is 16.5. The lowest BCUT2D eigenvalue weighted by Crippen LogP contribution is -2.31. The quantitative estimate of drug-likeness (QED) is 0.719. The van der Waals surface area contributed by atoms with Crippen LogP contribution in [-0.2, 0) is 4.79 Å². The van der Waals surface area contributed by atoms with Crippen molar-refractivity contribution in [2.75, 3.05) is 0 Å². The third kappa shape index (κ3) is 3.43. The second kappa shape index (κ2) is 6.54. The number of aliphatic hydroxyl groups excluding tert-OH is 1. The molecule has 0 aromatic carbocycles. The first kappa shape index (κ1) is 17.2. The van der Waals surface area contributed by atoms with E-state index in [-0.39, 0.29) is 11.2 Å². The fourth-order valence-electron chi connectivity index (χ4n) is 3.90. The maximum atomic E-state index is 12.7. The summed E-state index contributed by atoms with van der Waals surface area (Å²) < 4.78 is 0. The molecule has 1 N–H and O–H groups in total. The normalized spacial score (nSPS) is 38.5. The van der Waals surface area contributed by atoms with Crippen molar-refractivity contribution in [2.24, 2.45) is 17.3 Å². The lowest BCUT2D eigenvalue weighted by atomic mass is 9.69. The van der Waals surface area contributed by atoms with Gasteiger partial charge in [-0.25, -0.2) is 0 Å². The summed E-state index contributed by atoms with van der Waals surface area (Å²) in [4.78, 5) is 12.7. The van der Waals surface area contributed by atoms with E-state index in [4.69, 9.17) is 0 Å². The van der Waals surface area contributed by atoms with Gasteiger partial charge in [-0.3, -0.25) is 4.79 Å².